The van der Waals surface area contributed by atoms with Gasteiger partial charge in [-0.05, 0) is 44.0 Å². The van der Waals surface area contributed by atoms with Crippen LogP contribution in [-0.4, -0.2) is 56.8 Å². The van der Waals surface area contributed by atoms with Gasteiger partial charge in [-0.1, -0.05) is 37.1 Å². The number of hydrogen-bond donors (Lipinski definition) is 1. The summed E-state index contributed by atoms with van der Waals surface area (Å²) >= 11 is 0. The predicted molar refractivity (Wildman–Crippen MR) is 128 cm³/mol. The molecule has 2 aromatic carbocycles. The molecule has 2 aromatic rings. The summed E-state index contributed by atoms with van der Waals surface area (Å²) in [6.45, 7) is 2.24. The minimum Gasteiger partial charge on any atom is -0.339 e. The first-order valence-electron chi connectivity index (χ1n) is 10.9. The average molecular weight is 472 g/mol. The van der Waals surface area contributed by atoms with Gasteiger partial charge in [0.1, 0.15) is 6.54 Å². The Morgan fingerprint density at radius 2 is 1.64 bits per heavy atom. The molecule has 8 nitrogen and oxygen atoms in total. The highest BCUT2D eigenvalue weighted by molar-refractivity contribution is 7.92. The molecule has 0 saturated carbocycles. The van der Waals surface area contributed by atoms with Crippen molar-refractivity contribution in [3.05, 3.63) is 59.7 Å². The number of nitrogens with one attached hydrogen (secondary N) is 1. The van der Waals surface area contributed by atoms with Crippen molar-refractivity contribution in [1.82, 2.24) is 4.90 Å². The zero-order valence-corrected chi connectivity index (χ0v) is 19.7. The number of ketones is 1. The molecule has 0 radical (unpaired) electrons. The van der Waals surface area contributed by atoms with E-state index >= 15 is 0 Å². The highest BCUT2D eigenvalue weighted by Crippen LogP contribution is 2.22. The molecule has 1 aliphatic heterocycles. The SMILES string of the molecule is CC(=O)c1cccc(N(CC(=O)Nc2ccccc2C(=O)N2CCCCCC2)S(C)(=O)=O)c1. The van der Waals surface area contributed by atoms with Crippen molar-refractivity contribution >= 4 is 39.0 Å². The fourth-order valence-electron chi connectivity index (χ4n) is 3.82. The Bertz CT molecular complexity index is 1140. The predicted octanol–water partition coefficient (Wildman–Crippen LogP) is 3.31. The molecule has 0 spiro atoms. The van der Waals surface area contributed by atoms with E-state index in [9.17, 15) is 22.8 Å². The maximum Gasteiger partial charge on any atom is 0.255 e. The number of carbonyl (C=O) groups is 3. The second-order valence-electron chi connectivity index (χ2n) is 8.18. The number of anilines is 2. The number of rotatable bonds is 7. The van der Waals surface area contributed by atoms with Gasteiger partial charge in [0.2, 0.25) is 15.9 Å². The van der Waals surface area contributed by atoms with Crippen molar-refractivity contribution < 1.29 is 22.8 Å². The fraction of sp³-hybridized carbons (Fsp3) is 0.375. The molecule has 0 atom stereocenters. The summed E-state index contributed by atoms with van der Waals surface area (Å²) in [7, 11) is -3.81. The Kier molecular flexibility index (Phi) is 7.86. The van der Waals surface area contributed by atoms with E-state index in [1.807, 2.05) is 0 Å². The first-order valence-corrected chi connectivity index (χ1v) is 12.8. The number of carbonyl (C=O) groups excluding carboxylic acids is 3. The molecule has 0 unspecified atom stereocenters. The Labute approximate surface area is 194 Å². The molecule has 0 bridgehead atoms. The molecule has 9 heteroatoms. The van der Waals surface area contributed by atoms with Crippen molar-refractivity contribution in [3.8, 4) is 0 Å². The van der Waals surface area contributed by atoms with Crippen LogP contribution in [0.4, 0.5) is 11.4 Å². The van der Waals surface area contributed by atoms with Gasteiger partial charge < -0.3 is 10.2 Å². The number of para-hydroxylation sites is 1. The summed E-state index contributed by atoms with van der Waals surface area (Å²) in [6.07, 6.45) is 5.08. The van der Waals surface area contributed by atoms with Crippen LogP contribution in [0.3, 0.4) is 0 Å². The summed E-state index contributed by atoms with van der Waals surface area (Å²) < 4.78 is 25.8. The van der Waals surface area contributed by atoms with E-state index < -0.39 is 22.5 Å². The second-order valence-corrected chi connectivity index (χ2v) is 10.1. The molecule has 1 fully saturated rings. The van der Waals surface area contributed by atoms with Gasteiger partial charge in [-0.2, -0.15) is 0 Å². The van der Waals surface area contributed by atoms with Gasteiger partial charge in [-0.25, -0.2) is 8.42 Å². The van der Waals surface area contributed by atoms with E-state index in [4.69, 9.17) is 0 Å². The monoisotopic (exact) mass is 471 g/mol. The molecule has 3 rings (SSSR count). The Balaban J connectivity index is 1.81. The summed E-state index contributed by atoms with van der Waals surface area (Å²) in [5.41, 5.74) is 1.27. The lowest BCUT2D eigenvalue weighted by Crippen LogP contribution is -2.38. The zero-order valence-electron chi connectivity index (χ0n) is 18.9. The van der Waals surface area contributed by atoms with Crippen LogP contribution >= 0.6 is 0 Å². The van der Waals surface area contributed by atoms with Crippen molar-refractivity contribution in [1.29, 1.82) is 0 Å². The maximum atomic E-state index is 13.1. The summed E-state index contributed by atoms with van der Waals surface area (Å²) in [5.74, 6) is -0.956. The normalized spacial score (nSPS) is 14.3. The van der Waals surface area contributed by atoms with E-state index in [0.717, 1.165) is 36.2 Å². The molecule has 1 N–H and O–H groups in total. The summed E-state index contributed by atoms with van der Waals surface area (Å²) in [4.78, 5) is 39.5. The van der Waals surface area contributed by atoms with Gasteiger partial charge in [0.05, 0.1) is 23.2 Å². The second kappa shape index (κ2) is 10.6. The lowest BCUT2D eigenvalue weighted by atomic mass is 10.1. The highest BCUT2D eigenvalue weighted by atomic mass is 32.2. The number of benzene rings is 2. The van der Waals surface area contributed by atoms with E-state index in [1.165, 1.54) is 19.1 Å². The molecular weight excluding hydrogens is 442 g/mol. The number of nitrogens with zero attached hydrogens (tertiary/aromatic N) is 2. The van der Waals surface area contributed by atoms with Gasteiger partial charge in [0.15, 0.2) is 5.78 Å². The Morgan fingerprint density at radius 1 is 0.970 bits per heavy atom. The van der Waals surface area contributed by atoms with Crippen LogP contribution in [0.1, 0.15) is 53.3 Å². The topological polar surface area (TPSA) is 104 Å². The third-order valence-electron chi connectivity index (χ3n) is 5.55. The number of sulfonamides is 1. The van der Waals surface area contributed by atoms with Gasteiger partial charge in [0, 0.05) is 18.7 Å². The van der Waals surface area contributed by atoms with Gasteiger partial charge in [-0.3, -0.25) is 18.7 Å². The molecule has 33 heavy (non-hydrogen) atoms. The number of likely N-dealkylation sites (tertiary alicyclic amines) is 1. The van der Waals surface area contributed by atoms with Gasteiger partial charge >= 0.3 is 0 Å². The van der Waals surface area contributed by atoms with Crippen LogP contribution in [-0.2, 0) is 14.8 Å². The average Bonchev–Trinajstić information content (AvgIpc) is 3.06. The maximum absolute atomic E-state index is 13.1. The Morgan fingerprint density at radius 3 is 2.27 bits per heavy atom. The quantitative estimate of drug-likeness (QED) is 0.624. The first kappa shape index (κ1) is 24.4. The minimum absolute atomic E-state index is 0.151. The largest absolute Gasteiger partial charge is 0.339 e. The van der Waals surface area contributed by atoms with Crippen molar-refractivity contribution in [2.45, 2.75) is 32.6 Å². The molecule has 0 aromatic heterocycles. The smallest absolute Gasteiger partial charge is 0.255 e. The molecule has 1 aliphatic rings. The first-order chi connectivity index (χ1) is 15.7. The molecule has 1 saturated heterocycles. The summed E-state index contributed by atoms with van der Waals surface area (Å²) in [5, 5.41) is 2.70. The lowest BCUT2D eigenvalue weighted by molar-refractivity contribution is -0.114. The minimum atomic E-state index is -3.81. The number of amides is 2. The van der Waals surface area contributed by atoms with Crippen LogP contribution in [0.5, 0.6) is 0 Å². The molecule has 1 heterocycles. The van der Waals surface area contributed by atoms with Gasteiger partial charge in [0.25, 0.3) is 5.91 Å². The van der Waals surface area contributed by atoms with Crippen LogP contribution in [0.15, 0.2) is 48.5 Å². The highest BCUT2D eigenvalue weighted by Gasteiger charge is 2.24. The van der Waals surface area contributed by atoms with Crippen molar-refractivity contribution in [2.24, 2.45) is 0 Å². The van der Waals surface area contributed by atoms with Gasteiger partial charge in [-0.15, -0.1) is 0 Å². The van der Waals surface area contributed by atoms with Crippen LogP contribution in [0.25, 0.3) is 0 Å². The number of hydrogen-bond acceptors (Lipinski definition) is 5. The molecule has 176 valence electrons. The van der Waals surface area contributed by atoms with Crippen LogP contribution in [0, 0.1) is 0 Å². The van der Waals surface area contributed by atoms with Crippen LogP contribution in [0.2, 0.25) is 0 Å². The third-order valence-corrected chi connectivity index (χ3v) is 6.69. The number of Topliss-reactive ketones (excluding diaryl/α,β-unsaturated/α-hetero) is 1. The zero-order chi connectivity index (χ0) is 24.0. The van der Waals surface area contributed by atoms with E-state index in [2.05, 4.69) is 5.32 Å². The fourth-order valence-corrected chi connectivity index (χ4v) is 4.67. The van der Waals surface area contributed by atoms with Crippen LogP contribution < -0.4 is 9.62 Å². The summed E-state index contributed by atoms with van der Waals surface area (Å²) in [6, 6.07) is 12.8. The molecular formula is C24H29N3O5S. The lowest BCUT2D eigenvalue weighted by Gasteiger charge is -2.24. The standard InChI is InChI=1S/C24H29N3O5S/c1-18(28)19-10-9-11-20(16-19)27(33(2,31)32)17-23(29)25-22-13-6-5-12-21(22)24(30)26-14-7-3-4-8-15-26/h5-6,9-13,16H,3-4,7-8,14-15,17H2,1-2H3,(H,25,29). The molecule has 2 amide bonds. The van der Waals surface area contributed by atoms with E-state index in [1.54, 1.807) is 41.3 Å². The van der Waals surface area contributed by atoms with Crippen molar-refractivity contribution in [2.75, 3.05) is 35.5 Å². The molecule has 0 aliphatic carbocycles. The van der Waals surface area contributed by atoms with E-state index in [-0.39, 0.29) is 17.4 Å². The third kappa shape index (κ3) is 6.41. The van der Waals surface area contributed by atoms with E-state index in [0.29, 0.717) is 29.9 Å². The Hall–Kier alpha value is -3.20. The van der Waals surface area contributed by atoms with Crippen molar-refractivity contribution in [3.63, 3.8) is 0 Å².